The summed E-state index contributed by atoms with van der Waals surface area (Å²) in [6, 6.07) is 24.9. The average molecular weight is 427 g/mol. The highest BCUT2D eigenvalue weighted by atomic mass is 16.6. The Morgan fingerprint density at radius 2 is 1.50 bits per heavy atom. The van der Waals surface area contributed by atoms with Gasteiger partial charge in [-0.2, -0.15) is 5.10 Å². The minimum Gasteiger partial charge on any atom is -0.439 e. The molecular weight excluding hydrogens is 406 g/mol. The van der Waals surface area contributed by atoms with E-state index in [9.17, 15) is 4.79 Å². The van der Waals surface area contributed by atoms with E-state index in [1.54, 1.807) is 66.5 Å². The Labute approximate surface area is 185 Å². The molecule has 0 aliphatic rings. The number of ether oxygens (including phenoxy) is 2. The summed E-state index contributed by atoms with van der Waals surface area (Å²) in [6.45, 7) is 1.87. The quantitative estimate of drug-likeness (QED) is 0.176. The predicted octanol–water partition coefficient (Wildman–Crippen LogP) is 5.15. The van der Waals surface area contributed by atoms with Crippen molar-refractivity contribution in [3.63, 3.8) is 0 Å². The normalized spacial score (nSPS) is 10.8. The van der Waals surface area contributed by atoms with Crippen molar-refractivity contribution in [2.75, 3.05) is 0 Å². The van der Waals surface area contributed by atoms with Gasteiger partial charge in [-0.05, 0) is 55.5 Å². The molecule has 0 radical (unpaired) electrons. The fourth-order valence-corrected chi connectivity index (χ4v) is 2.97. The number of carbonyl (C=O) groups excluding carboxylic acids is 1. The van der Waals surface area contributed by atoms with E-state index in [1.165, 1.54) is 0 Å². The van der Waals surface area contributed by atoms with Crippen molar-refractivity contribution in [3.8, 4) is 23.1 Å². The van der Waals surface area contributed by atoms with Crippen LogP contribution in [0.25, 0.3) is 0 Å². The summed E-state index contributed by atoms with van der Waals surface area (Å²) in [4.78, 5) is 17.7. The van der Waals surface area contributed by atoms with Crippen molar-refractivity contribution >= 4 is 12.2 Å². The third kappa shape index (κ3) is 5.02. The van der Waals surface area contributed by atoms with E-state index >= 15 is 0 Å². The maximum Gasteiger partial charge on any atom is 0.343 e. The number of aryl methyl sites for hydroxylation is 2. The fourth-order valence-electron chi connectivity index (χ4n) is 2.97. The Morgan fingerprint density at radius 1 is 0.875 bits per heavy atom. The molecule has 0 unspecified atom stereocenters. The lowest BCUT2D eigenvalue weighted by Crippen LogP contribution is -2.08. The van der Waals surface area contributed by atoms with Crippen molar-refractivity contribution in [2.24, 2.45) is 12.2 Å². The van der Waals surface area contributed by atoms with E-state index in [1.807, 2.05) is 43.3 Å². The van der Waals surface area contributed by atoms with Crippen molar-refractivity contribution in [3.05, 3.63) is 102 Å². The van der Waals surface area contributed by atoms with E-state index in [0.717, 1.165) is 5.69 Å². The lowest BCUT2D eigenvalue weighted by atomic mass is 10.2. The number of rotatable bonds is 7. The Hall–Kier alpha value is -4.39. The van der Waals surface area contributed by atoms with Crippen LogP contribution in [0.15, 0.2) is 90.1 Å². The van der Waals surface area contributed by atoms with Crippen LogP contribution in [-0.4, -0.2) is 22.0 Å². The summed E-state index contributed by atoms with van der Waals surface area (Å²) < 4.78 is 12.9. The molecule has 3 aromatic carbocycles. The van der Waals surface area contributed by atoms with E-state index in [-0.39, 0.29) is 0 Å². The van der Waals surface area contributed by atoms with Gasteiger partial charge in [0.15, 0.2) is 5.75 Å². The summed E-state index contributed by atoms with van der Waals surface area (Å²) in [5.74, 6) is 1.77. The summed E-state index contributed by atoms with van der Waals surface area (Å²) in [6.07, 6.45) is 1.55. The van der Waals surface area contributed by atoms with Gasteiger partial charge in [0, 0.05) is 7.05 Å². The predicted molar refractivity (Wildman–Crippen MR) is 121 cm³/mol. The summed E-state index contributed by atoms with van der Waals surface area (Å²) in [5.41, 5.74) is 1.87. The number of hydrogen-bond acceptors (Lipinski definition) is 6. The molecule has 0 atom stereocenters. The molecule has 0 saturated heterocycles. The van der Waals surface area contributed by atoms with E-state index in [0.29, 0.717) is 34.3 Å². The van der Waals surface area contributed by atoms with Gasteiger partial charge in [0.25, 0.3) is 0 Å². The second-order valence-corrected chi connectivity index (χ2v) is 6.90. The zero-order valence-electron chi connectivity index (χ0n) is 17.6. The number of carbonyl (C=O) groups is 1. The lowest BCUT2D eigenvalue weighted by molar-refractivity contribution is 0.0734. The Balaban J connectivity index is 1.42. The molecule has 0 amide bonds. The molecule has 7 heteroatoms. The molecule has 0 bridgehead atoms. The molecule has 32 heavy (non-hydrogen) atoms. The molecule has 160 valence electrons. The summed E-state index contributed by atoms with van der Waals surface area (Å²) in [7, 11) is 1.80. The van der Waals surface area contributed by atoms with Crippen LogP contribution in [-0.2, 0) is 7.05 Å². The van der Waals surface area contributed by atoms with Gasteiger partial charge in [0.2, 0.25) is 5.88 Å². The third-order valence-corrected chi connectivity index (χ3v) is 4.56. The highest BCUT2D eigenvalue weighted by Crippen LogP contribution is 2.26. The number of benzene rings is 3. The molecule has 0 aliphatic heterocycles. The van der Waals surface area contributed by atoms with Crippen LogP contribution >= 0.6 is 0 Å². The summed E-state index contributed by atoms with van der Waals surface area (Å²) in [5, 5.41) is 8.45. The van der Waals surface area contributed by atoms with Gasteiger partial charge in [-0.1, -0.05) is 41.6 Å². The van der Waals surface area contributed by atoms with Crippen LogP contribution in [0.4, 0.5) is 0 Å². The minimum atomic E-state index is -0.445. The van der Waals surface area contributed by atoms with Crippen molar-refractivity contribution in [1.82, 2.24) is 9.78 Å². The van der Waals surface area contributed by atoms with E-state index in [4.69, 9.17) is 14.3 Å². The highest BCUT2D eigenvalue weighted by Gasteiger charge is 2.14. The first-order valence-corrected chi connectivity index (χ1v) is 9.94. The highest BCUT2D eigenvalue weighted by molar-refractivity contribution is 5.91. The Kier molecular flexibility index (Phi) is 6.27. The monoisotopic (exact) mass is 427 g/mol. The second-order valence-electron chi connectivity index (χ2n) is 6.90. The average Bonchev–Trinajstić information content (AvgIpc) is 3.08. The van der Waals surface area contributed by atoms with Crippen molar-refractivity contribution in [1.29, 1.82) is 0 Å². The van der Waals surface area contributed by atoms with Crippen LogP contribution in [0.1, 0.15) is 21.6 Å². The third-order valence-electron chi connectivity index (χ3n) is 4.56. The maximum atomic E-state index is 12.2. The summed E-state index contributed by atoms with van der Waals surface area (Å²) >= 11 is 0. The number of hydrogen-bond donors (Lipinski definition) is 0. The van der Waals surface area contributed by atoms with Gasteiger partial charge in [0.05, 0.1) is 23.0 Å². The Bertz CT molecular complexity index is 1220. The van der Waals surface area contributed by atoms with Crippen LogP contribution in [0.5, 0.6) is 23.1 Å². The molecule has 4 rings (SSSR count). The van der Waals surface area contributed by atoms with Gasteiger partial charge in [-0.25, -0.2) is 9.48 Å². The SMILES string of the molecule is Cc1nn(C)c(Oc2ccccc2)c1/C=N/Oc1ccc(C(=O)Oc2ccccc2)cc1. The zero-order valence-corrected chi connectivity index (χ0v) is 17.6. The van der Waals surface area contributed by atoms with Gasteiger partial charge in [0.1, 0.15) is 11.5 Å². The minimum absolute atomic E-state index is 0.409. The number of para-hydroxylation sites is 2. The van der Waals surface area contributed by atoms with Gasteiger partial charge < -0.3 is 14.3 Å². The number of aromatic nitrogens is 2. The molecule has 0 aliphatic carbocycles. The molecule has 0 spiro atoms. The van der Waals surface area contributed by atoms with Crippen LogP contribution in [0.3, 0.4) is 0 Å². The molecular formula is C25H21N3O4. The topological polar surface area (TPSA) is 74.9 Å². The molecule has 4 aromatic rings. The molecule has 1 heterocycles. The molecule has 0 fully saturated rings. The standard InChI is InChI=1S/C25H21N3O4/c1-18-23(24(28(2)27-18)30-20-9-5-3-6-10-20)17-26-32-22-15-13-19(14-16-22)25(29)31-21-11-7-4-8-12-21/h3-17H,1-2H3/b26-17+. The lowest BCUT2D eigenvalue weighted by Gasteiger charge is -2.06. The number of oxime groups is 1. The maximum absolute atomic E-state index is 12.2. The molecule has 0 saturated carbocycles. The number of esters is 1. The molecule has 0 N–H and O–H groups in total. The molecule has 7 nitrogen and oxygen atoms in total. The van der Waals surface area contributed by atoms with Gasteiger partial charge >= 0.3 is 5.97 Å². The fraction of sp³-hybridized carbons (Fsp3) is 0.0800. The van der Waals surface area contributed by atoms with E-state index in [2.05, 4.69) is 10.3 Å². The van der Waals surface area contributed by atoms with Crippen LogP contribution in [0, 0.1) is 6.92 Å². The van der Waals surface area contributed by atoms with Crippen LogP contribution < -0.4 is 14.3 Å². The smallest absolute Gasteiger partial charge is 0.343 e. The van der Waals surface area contributed by atoms with Crippen LogP contribution in [0.2, 0.25) is 0 Å². The largest absolute Gasteiger partial charge is 0.439 e. The first-order valence-electron chi connectivity index (χ1n) is 9.94. The first kappa shape index (κ1) is 20.9. The van der Waals surface area contributed by atoms with Gasteiger partial charge in [-0.15, -0.1) is 0 Å². The van der Waals surface area contributed by atoms with Crippen molar-refractivity contribution < 1.29 is 19.1 Å². The van der Waals surface area contributed by atoms with Gasteiger partial charge in [-0.3, -0.25) is 0 Å². The first-order chi connectivity index (χ1) is 15.6. The number of nitrogens with zero attached hydrogens (tertiary/aromatic N) is 3. The zero-order chi connectivity index (χ0) is 22.3. The molecule has 1 aromatic heterocycles. The van der Waals surface area contributed by atoms with E-state index < -0.39 is 5.97 Å². The Morgan fingerprint density at radius 3 is 2.16 bits per heavy atom. The van der Waals surface area contributed by atoms with Crippen molar-refractivity contribution in [2.45, 2.75) is 6.92 Å². The second kappa shape index (κ2) is 9.61.